The molecule has 6 heteroatoms. The second-order valence-electron chi connectivity index (χ2n) is 5.55. The van der Waals surface area contributed by atoms with Gasteiger partial charge in [0.15, 0.2) is 0 Å². The van der Waals surface area contributed by atoms with E-state index >= 15 is 0 Å². The molecule has 6 nitrogen and oxygen atoms in total. The zero-order valence-electron chi connectivity index (χ0n) is 12.0. The predicted molar refractivity (Wildman–Crippen MR) is 73.1 cm³/mol. The largest absolute Gasteiger partial charge is 0.480 e. The zero-order chi connectivity index (χ0) is 14.5. The lowest BCUT2D eigenvalue weighted by Crippen LogP contribution is -2.61. The molecule has 0 bridgehead atoms. The van der Waals surface area contributed by atoms with Gasteiger partial charge in [0, 0.05) is 12.6 Å². The van der Waals surface area contributed by atoms with Gasteiger partial charge in [-0.1, -0.05) is 0 Å². The molecule has 0 aromatic carbocycles. The number of hydrogen-bond acceptors (Lipinski definition) is 3. The second-order valence-corrected chi connectivity index (χ2v) is 5.55. The number of rotatable bonds is 7. The van der Waals surface area contributed by atoms with Crippen LogP contribution in [0.15, 0.2) is 0 Å². The van der Waals surface area contributed by atoms with Crippen LogP contribution in [-0.4, -0.2) is 53.7 Å². The summed E-state index contributed by atoms with van der Waals surface area (Å²) in [6.45, 7) is 5.70. The van der Waals surface area contributed by atoms with Crippen LogP contribution in [0.2, 0.25) is 0 Å². The van der Waals surface area contributed by atoms with Crippen LogP contribution in [0.1, 0.15) is 39.5 Å². The number of nitrogens with zero attached hydrogens (tertiary/aromatic N) is 1. The highest BCUT2D eigenvalue weighted by Crippen LogP contribution is 2.31. The van der Waals surface area contributed by atoms with Crippen LogP contribution in [0.5, 0.6) is 0 Å². The van der Waals surface area contributed by atoms with Gasteiger partial charge in [0.05, 0.1) is 0 Å². The fraction of sp³-hybridized carbons (Fsp3) is 0.846. The highest BCUT2D eigenvalue weighted by atomic mass is 16.4. The molecule has 0 unspecified atom stereocenters. The third kappa shape index (κ3) is 4.38. The van der Waals surface area contributed by atoms with E-state index in [1.807, 2.05) is 7.05 Å². The van der Waals surface area contributed by atoms with Crippen molar-refractivity contribution in [2.75, 3.05) is 20.1 Å². The first-order valence-corrected chi connectivity index (χ1v) is 6.87. The number of nitrogens with one attached hydrogen (secondary N) is 2. The zero-order valence-corrected chi connectivity index (χ0v) is 12.0. The lowest BCUT2D eigenvalue weighted by Gasteiger charge is -2.38. The molecule has 0 aromatic heterocycles. The number of hydrogen-bond donors (Lipinski definition) is 3. The molecule has 1 fully saturated rings. The van der Waals surface area contributed by atoms with E-state index in [-0.39, 0.29) is 6.03 Å². The number of amides is 2. The number of carboxylic acids is 1. The summed E-state index contributed by atoms with van der Waals surface area (Å²) in [4.78, 5) is 24.9. The summed E-state index contributed by atoms with van der Waals surface area (Å²) >= 11 is 0. The van der Waals surface area contributed by atoms with Crippen LogP contribution in [-0.2, 0) is 4.79 Å². The lowest BCUT2D eigenvalue weighted by molar-refractivity contribution is -0.148. The molecule has 2 amide bonds. The average molecular weight is 271 g/mol. The van der Waals surface area contributed by atoms with Crippen LogP contribution < -0.4 is 10.6 Å². The van der Waals surface area contributed by atoms with Gasteiger partial charge in [0.1, 0.15) is 5.54 Å². The molecule has 110 valence electrons. The molecule has 0 atom stereocenters. The minimum absolute atomic E-state index is 0.380. The van der Waals surface area contributed by atoms with Gasteiger partial charge in [0.25, 0.3) is 0 Å². The van der Waals surface area contributed by atoms with E-state index in [4.69, 9.17) is 5.11 Å². The van der Waals surface area contributed by atoms with Gasteiger partial charge >= 0.3 is 12.0 Å². The van der Waals surface area contributed by atoms with Gasteiger partial charge in [-0.05, 0) is 53.1 Å². The Bertz CT molecular complexity index is 327. The van der Waals surface area contributed by atoms with Gasteiger partial charge in [-0.25, -0.2) is 9.59 Å². The molecule has 0 aromatic rings. The summed E-state index contributed by atoms with van der Waals surface area (Å²) in [7, 11) is 2.04. The molecule has 1 aliphatic rings. The van der Waals surface area contributed by atoms with Crippen molar-refractivity contribution >= 4 is 12.0 Å². The summed E-state index contributed by atoms with van der Waals surface area (Å²) < 4.78 is 0. The van der Waals surface area contributed by atoms with Crippen LogP contribution in [0.3, 0.4) is 0 Å². The number of urea groups is 1. The Hall–Kier alpha value is -1.30. The van der Waals surface area contributed by atoms with Crippen LogP contribution in [0.25, 0.3) is 0 Å². The standard InChI is InChI=1S/C13H25N3O3/c1-10(2)16(3)9-5-8-14-12(19)15-13(11(17)18)6-4-7-13/h10H,4-9H2,1-3H3,(H,17,18)(H2,14,15,19). The molecule has 0 spiro atoms. The monoisotopic (exact) mass is 271 g/mol. The van der Waals surface area contributed by atoms with Crippen molar-refractivity contribution in [3.05, 3.63) is 0 Å². The van der Waals surface area contributed by atoms with Crippen LogP contribution >= 0.6 is 0 Å². The maximum atomic E-state index is 11.6. The number of carbonyl (C=O) groups excluding carboxylic acids is 1. The molecule has 0 saturated heterocycles. The molecule has 0 heterocycles. The van der Waals surface area contributed by atoms with Crippen molar-refractivity contribution in [3.63, 3.8) is 0 Å². The van der Waals surface area contributed by atoms with Gasteiger partial charge in [-0.3, -0.25) is 0 Å². The molecule has 1 rings (SSSR count). The van der Waals surface area contributed by atoms with E-state index in [0.29, 0.717) is 25.4 Å². The second kappa shape index (κ2) is 6.75. The third-order valence-corrected chi connectivity index (χ3v) is 3.82. The Kier molecular flexibility index (Phi) is 5.60. The molecule has 3 N–H and O–H groups in total. The van der Waals surface area contributed by atoms with E-state index in [1.54, 1.807) is 0 Å². The molecule has 0 radical (unpaired) electrons. The fourth-order valence-corrected chi connectivity index (χ4v) is 1.97. The Morgan fingerprint density at radius 3 is 2.42 bits per heavy atom. The summed E-state index contributed by atoms with van der Waals surface area (Å²) in [5, 5.41) is 14.4. The van der Waals surface area contributed by atoms with Gasteiger partial charge < -0.3 is 20.6 Å². The number of carbonyl (C=O) groups is 2. The van der Waals surface area contributed by atoms with E-state index < -0.39 is 11.5 Å². The number of aliphatic carboxylic acids is 1. The summed E-state index contributed by atoms with van der Waals surface area (Å²) in [5.41, 5.74) is -1.03. The summed E-state index contributed by atoms with van der Waals surface area (Å²) in [5.74, 6) is -0.937. The van der Waals surface area contributed by atoms with Crippen molar-refractivity contribution in [3.8, 4) is 0 Å². The van der Waals surface area contributed by atoms with E-state index in [2.05, 4.69) is 29.4 Å². The minimum Gasteiger partial charge on any atom is -0.480 e. The maximum absolute atomic E-state index is 11.6. The lowest BCUT2D eigenvalue weighted by atomic mass is 9.77. The fourth-order valence-electron chi connectivity index (χ4n) is 1.97. The Balaban J connectivity index is 2.20. The van der Waals surface area contributed by atoms with E-state index in [9.17, 15) is 9.59 Å². The third-order valence-electron chi connectivity index (χ3n) is 3.82. The molecule has 1 saturated carbocycles. The van der Waals surface area contributed by atoms with E-state index in [0.717, 1.165) is 19.4 Å². The van der Waals surface area contributed by atoms with Crippen LogP contribution in [0, 0.1) is 0 Å². The Labute approximate surface area is 114 Å². The van der Waals surface area contributed by atoms with Gasteiger partial charge in [-0.2, -0.15) is 0 Å². The van der Waals surface area contributed by atoms with Crippen molar-refractivity contribution in [2.24, 2.45) is 0 Å². The summed E-state index contributed by atoms with van der Waals surface area (Å²) in [6.07, 6.45) is 2.74. The molecular weight excluding hydrogens is 246 g/mol. The first-order chi connectivity index (χ1) is 8.87. The quantitative estimate of drug-likeness (QED) is 0.604. The molecule has 19 heavy (non-hydrogen) atoms. The Morgan fingerprint density at radius 2 is 2.00 bits per heavy atom. The van der Waals surface area contributed by atoms with Crippen molar-refractivity contribution in [1.82, 2.24) is 15.5 Å². The highest BCUT2D eigenvalue weighted by Gasteiger charge is 2.45. The molecule has 0 aliphatic heterocycles. The van der Waals surface area contributed by atoms with Gasteiger partial charge in [-0.15, -0.1) is 0 Å². The first-order valence-electron chi connectivity index (χ1n) is 6.87. The first kappa shape index (κ1) is 15.8. The van der Waals surface area contributed by atoms with Crippen molar-refractivity contribution in [2.45, 2.75) is 51.1 Å². The average Bonchev–Trinajstić information content (AvgIpc) is 2.28. The molecule has 1 aliphatic carbocycles. The normalized spacial score (nSPS) is 17.1. The van der Waals surface area contributed by atoms with E-state index in [1.165, 1.54) is 0 Å². The smallest absolute Gasteiger partial charge is 0.329 e. The Morgan fingerprint density at radius 1 is 1.37 bits per heavy atom. The topological polar surface area (TPSA) is 81.7 Å². The van der Waals surface area contributed by atoms with Gasteiger partial charge in [0.2, 0.25) is 0 Å². The summed E-state index contributed by atoms with van der Waals surface area (Å²) in [6, 6.07) is 0.105. The minimum atomic E-state index is -1.03. The molecular formula is C13H25N3O3. The highest BCUT2D eigenvalue weighted by molar-refractivity contribution is 5.87. The SMILES string of the molecule is CC(C)N(C)CCCNC(=O)NC1(C(=O)O)CCC1. The van der Waals surface area contributed by atoms with Crippen LogP contribution in [0.4, 0.5) is 4.79 Å². The number of carboxylic acid groups (broad SMARTS) is 1. The predicted octanol–water partition coefficient (Wildman–Crippen LogP) is 1.02. The van der Waals surface area contributed by atoms with Crippen molar-refractivity contribution in [1.29, 1.82) is 0 Å². The maximum Gasteiger partial charge on any atom is 0.329 e. The van der Waals surface area contributed by atoms with Crippen molar-refractivity contribution < 1.29 is 14.7 Å².